The highest BCUT2D eigenvalue weighted by atomic mass is 32.2. The van der Waals surface area contributed by atoms with E-state index in [1.54, 1.807) is 11.9 Å². The number of hydrogen-bond donors (Lipinski definition) is 0. The Balaban J connectivity index is 1.69. The minimum absolute atomic E-state index is 0.0217. The van der Waals surface area contributed by atoms with Gasteiger partial charge in [0.25, 0.3) is 0 Å². The zero-order chi connectivity index (χ0) is 20.0. The van der Waals surface area contributed by atoms with E-state index in [0.717, 1.165) is 5.69 Å². The zero-order valence-corrected chi connectivity index (χ0v) is 17.3. The predicted molar refractivity (Wildman–Crippen MR) is 105 cm³/mol. The first-order chi connectivity index (χ1) is 12.5. The molecule has 6 nitrogen and oxygen atoms in total. The third-order valence-electron chi connectivity index (χ3n) is 5.62. The van der Waals surface area contributed by atoms with E-state index in [9.17, 15) is 18.0 Å². The van der Waals surface area contributed by atoms with Gasteiger partial charge >= 0.3 is 0 Å². The first kappa shape index (κ1) is 19.9. The maximum atomic E-state index is 12.8. The Morgan fingerprint density at radius 2 is 1.81 bits per heavy atom. The number of carbonyl (C=O) groups excluding carboxylic acids is 2. The van der Waals surface area contributed by atoms with Gasteiger partial charge in [-0.1, -0.05) is 32.9 Å². The highest BCUT2D eigenvalue weighted by Gasteiger charge is 2.40. The van der Waals surface area contributed by atoms with Gasteiger partial charge in [0.05, 0.1) is 17.4 Å². The number of benzene rings is 1. The van der Waals surface area contributed by atoms with Crippen molar-refractivity contribution in [3.05, 3.63) is 29.8 Å². The topological polar surface area (TPSA) is 74.8 Å². The van der Waals surface area contributed by atoms with Gasteiger partial charge in [0.15, 0.2) is 9.84 Å². The molecule has 27 heavy (non-hydrogen) atoms. The summed E-state index contributed by atoms with van der Waals surface area (Å²) >= 11 is 0. The summed E-state index contributed by atoms with van der Waals surface area (Å²) in [5.74, 6) is -0.476. The Hall–Kier alpha value is -1.89. The summed E-state index contributed by atoms with van der Waals surface area (Å²) in [5, 5.41) is 0. The van der Waals surface area contributed by atoms with Crippen LogP contribution in [0.1, 0.15) is 39.2 Å². The highest BCUT2D eigenvalue weighted by molar-refractivity contribution is 7.91. The van der Waals surface area contributed by atoms with Crippen LogP contribution in [-0.2, 0) is 24.8 Å². The van der Waals surface area contributed by atoms with Crippen LogP contribution in [0.4, 0.5) is 5.69 Å². The van der Waals surface area contributed by atoms with Crippen LogP contribution in [0, 0.1) is 5.92 Å². The van der Waals surface area contributed by atoms with Crippen LogP contribution in [0.2, 0.25) is 0 Å². The van der Waals surface area contributed by atoms with Crippen LogP contribution in [0.5, 0.6) is 0 Å². The van der Waals surface area contributed by atoms with Gasteiger partial charge in [0.1, 0.15) is 0 Å². The lowest BCUT2D eigenvalue weighted by molar-refractivity contribution is -0.136. The van der Waals surface area contributed by atoms with Gasteiger partial charge in [-0.15, -0.1) is 0 Å². The molecule has 148 valence electrons. The van der Waals surface area contributed by atoms with E-state index < -0.39 is 15.8 Å². The van der Waals surface area contributed by atoms with Crippen LogP contribution in [0.3, 0.4) is 0 Å². The second-order valence-electron chi connectivity index (χ2n) is 8.71. The molecule has 0 N–H and O–H groups in total. The summed E-state index contributed by atoms with van der Waals surface area (Å²) in [6.07, 6.45) is 0.646. The molecule has 2 aliphatic rings. The maximum Gasteiger partial charge on any atom is 0.228 e. The Bertz CT molecular complexity index is 840. The van der Waals surface area contributed by atoms with Crippen molar-refractivity contribution in [3.63, 3.8) is 0 Å². The van der Waals surface area contributed by atoms with Crippen molar-refractivity contribution in [2.45, 2.75) is 45.1 Å². The lowest BCUT2D eigenvalue weighted by atomic mass is 9.87. The fourth-order valence-corrected chi connectivity index (χ4v) is 5.59. The summed E-state index contributed by atoms with van der Waals surface area (Å²) in [6, 6.07) is 7.62. The maximum absolute atomic E-state index is 12.8. The van der Waals surface area contributed by atoms with Gasteiger partial charge < -0.3 is 9.80 Å². The molecule has 2 amide bonds. The number of amides is 2. The lowest BCUT2D eigenvalue weighted by Crippen LogP contribution is -2.42. The average molecular weight is 393 g/mol. The Morgan fingerprint density at radius 3 is 2.33 bits per heavy atom. The number of rotatable bonds is 3. The van der Waals surface area contributed by atoms with Crippen LogP contribution in [0.15, 0.2) is 24.3 Å². The van der Waals surface area contributed by atoms with E-state index in [4.69, 9.17) is 0 Å². The molecule has 0 aromatic heterocycles. The van der Waals surface area contributed by atoms with E-state index in [-0.39, 0.29) is 41.2 Å². The number of anilines is 1. The van der Waals surface area contributed by atoms with Crippen molar-refractivity contribution < 1.29 is 18.0 Å². The summed E-state index contributed by atoms with van der Waals surface area (Å²) in [7, 11) is -1.40. The Labute approximate surface area is 161 Å². The molecule has 2 unspecified atom stereocenters. The molecule has 3 rings (SSSR count). The molecule has 2 heterocycles. The van der Waals surface area contributed by atoms with E-state index in [1.807, 2.05) is 24.3 Å². The standard InChI is InChI=1S/C20H28N2O4S/c1-20(2,3)15-5-7-16(8-6-15)22-12-14(11-18(22)23)19(24)21(4)17-9-10-27(25,26)13-17/h5-8,14,17H,9-13H2,1-4H3. The minimum Gasteiger partial charge on any atom is -0.341 e. The van der Waals surface area contributed by atoms with Crippen molar-refractivity contribution in [2.24, 2.45) is 5.92 Å². The minimum atomic E-state index is -3.05. The van der Waals surface area contributed by atoms with E-state index in [1.165, 1.54) is 10.5 Å². The van der Waals surface area contributed by atoms with Crippen molar-refractivity contribution in [1.82, 2.24) is 4.90 Å². The summed E-state index contributed by atoms with van der Waals surface area (Å²) in [5.41, 5.74) is 2.03. The van der Waals surface area contributed by atoms with E-state index >= 15 is 0 Å². The van der Waals surface area contributed by atoms with Gasteiger partial charge in [-0.2, -0.15) is 0 Å². The van der Waals surface area contributed by atoms with E-state index in [2.05, 4.69) is 20.8 Å². The second kappa shape index (κ2) is 6.93. The molecule has 0 spiro atoms. The molecule has 2 atom stereocenters. The summed E-state index contributed by atoms with van der Waals surface area (Å²) < 4.78 is 23.4. The fourth-order valence-electron chi connectivity index (χ4n) is 3.81. The molecule has 0 aliphatic carbocycles. The number of hydrogen-bond acceptors (Lipinski definition) is 4. The third-order valence-corrected chi connectivity index (χ3v) is 7.37. The highest BCUT2D eigenvalue weighted by Crippen LogP contribution is 2.30. The normalized spacial score (nSPS) is 25.0. The molecule has 2 aliphatic heterocycles. The fraction of sp³-hybridized carbons (Fsp3) is 0.600. The summed E-state index contributed by atoms with van der Waals surface area (Å²) in [6.45, 7) is 6.75. The molecule has 0 bridgehead atoms. The quantitative estimate of drug-likeness (QED) is 0.788. The molecule has 0 saturated carbocycles. The molecular formula is C20H28N2O4S. The third kappa shape index (κ3) is 4.18. The molecule has 0 radical (unpaired) electrons. The number of nitrogens with zero attached hydrogens (tertiary/aromatic N) is 2. The molecular weight excluding hydrogens is 364 g/mol. The first-order valence-electron chi connectivity index (χ1n) is 9.36. The molecule has 1 aromatic rings. The largest absolute Gasteiger partial charge is 0.341 e. The van der Waals surface area contributed by atoms with Gasteiger partial charge in [0, 0.05) is 31.7 Å². The van der Waals surface area contributed by atoms with Crippen LogP contribution < -0.4 is 4.90 Å². The van der Waals surface area contributed by atoms with Crippen molar-refractivity contribution in [1.29, 1.82) is 0 Å². The monoisotopic (exact) mass is 392 g/mol. The first-order valence-corrected chi connectivity index (χ1v) is 11.2. The zero-order valence-electron chi connectivity index (χ0n) is 16.4. The van der Waals surface area contributed by atoms with Crippen molar-refractivity contribution in [2.75, 3.05) is 30.0 Å². The number of sulfone groups is 1. The predicted octanol–water partition coefficient (Wildman–Crippen LogP) is 1.98. The van der Waals surface area contributed by atoms with Crippen LogP contribution in [0.25, 0.3) is 0 Å². The van der Waals surface area contributed by atoms with Crippen LogP contribution in [-0.4, -0.2) is 56.3 Å². The summed E-state index contributed by atoms with van der Waals surface area (Å²) in [4.78, 5) is 28.5. The number of carbonyl (C=O) groups is 2. The SMILES string of the molecule is CN(C(=O)C1CC(=O)N(c2ccc(C(C)(C)C)cc2)C1)C1CCS(=O)(=O)C1. The lowest BCUT2D eigenvalue weighted by Gasteiger charge is -2.26. The average Bonchev–Trinajstić information content (AvgIpc) is 3.15. The van der Waals surface area contributed by atoms with Gasteiger partial charge in [-0.05, 0) is 29.5 Å². The van der Waals surface area contributed by atoms with Gasteiger partial charge in [-0.3, -0.25) is 9.59 Å². The second-order valence-corrected chi connectivity index (χ2v) is 10.9. The van der Waals surface area contributed by atoms with Gasteiger partial charge in [-0.25, -0.2) is 8.42 Å². The molecule has 2 fully saturated rings. The Kier molecular flexibility index (Phi) is 5.10. The van der Waals surface area contributed by atoms with Gasteiger partial charge in [0.2, 0.25) is 11.8 Å². The van der Waals surface area contributed by atoms with Crippen molar-refractivity contribution >= 4 is 27.3 Å². The molecule has 1 aromatic carbocycles. The molecule has 7 heteroatoms. The molecule has 2 saturated heterocycles. The van der Waals surface area contributed by atoms with Crippen molar-refractivity contribution in [3.8, 4) is 0 Å². The smallest absolute Gasteiger partial charge is 0.228 e. The van der Waals surface area contributed by atoms with Crippen LogP contribution >= 0.6 is 0 Å². The Morgan fingerprint density at radius 1 is 1.19 bits per heavy atom. The van der Waals surface area contributed by atoms with E-state index in [0.29, 0.717) is 13.0 Å².